The zero-order chi connectivity index (χ0) is 21.5. The van der Waals surface area contributed by atoms with Crippen molar-refractivity contribution in [2.75, 3.05) is 26.8 Å². The molecule has 5 nitrogen and oxygen atoms in total. The first-order valence-corrected chi connectivity index (χ1v) is 10.8. The molecule has 1 rings (SSSR count). The highest BCUT2D eigenvalue weighted by Crippen LogP contribution is 2.28. The molecule has 0 aromatic carbocycles. The number of allylic oxidation sites excluding steroid dienone is 6. The van der Waals surface area contributed by atoms with E-state index < -0.39 is 0 Å². The van der Waals surface area contributed by atoms with Gasteiger partial charge in [0.25, 0.3) is 0 Å². The Bertz CT molecular complexity index is 688. The third kappa shape index (κ3) is 9.31. The Kier molecular flexibility index (Phi) is 12.8. The minimum Gasteiger partial charge on any atom is -0.504 e. The van der Waals surface area contributed by atoms with Crippen LogP contribution in [0, 0.1) is 0 Å². The summed E-state index contributed by atoms with van der Waals surface area (Å²) in [5.41, 5.74) is 5.81. The molecule has 1 aliphatic carbocycles. The zero-order valence-electron chi connectivity index (χ0n) is 18.9. The third-order valence-corrected chi connectivity index (χ3v) is 4.90. The van der Waals surface area contributed by atoms with E-state index in [2.05, 4.69) is 41.3 Å². The number of amidine groups is 1. The van der Waals surface area contributed by atoms with Crippen LogP contribution in [0.15, 0.2) is 56.2 Å². The van der Waals surface area contributed by atoms with E-state index >= 15 is 0 Å². The molecule has 29 heavy (non-hydrogen) atoms. The highest BCUT2D eigenvalue weighted by atomic mass is 16.5. The van der Waals surface area contributed by atoms with E-state index in [1.807, 2.05) is 13.8 Å². The Morgan fingerprint density at radius 1 is 1.31 bits per heavy atom. The number of rotatable bonds is 12. The number of aliphatic hydroxyl groups excluding tert-OH is 1. The monoisotopic (exact) mass is 399 g/mol. The average Bonchev–Trinajstić information content (AvgIpc) is 2.85. The highest BCUT2D eigenvalue weighted by molar-refractivity contribution is 6.47. The van der Waals surface area contributed by atoms with Crippen molar-refractivity contribution in [1.82, 2.24) is 5.32 Å². The summed E-state index contributed by atoms with van der Waals surface area (Å²) in [5.74, 6) is 0.654. The summed E-state index contributed by atoms with van der Waals surface area (Å²) < 4.78 is 5.53. The second-order valence-corrected chi connectivity index (χ2v) is 7.13. The van der Waals surface area contributed by atoms with E-state index in [0.717, 1.165) is 59.0 Å². The predicted molar refractivity (Wildman–Crippen MR) is 128 cm³/mol. The maximum Gasteiger partial charge on any atom is 0.169 e. The molecule has 0 spiro atoms. The molecule has 0 atom stereocenters. The van der Waals surface area contributed by atoms with Crippen LogP contribution in [0.5, 0.6) is 0 Å². The van der Waals surface area contributed by atoms with Crippen LogP contribution in [-0.4, -0.2) is 51.4 Å². The highest BCUT2D eigenvalue weighted by Gasteiger charge is 2.13. The lowest BCUT2D eigenvalue weighted by Gasteiger charge is -2.14. The van der Waals surface area contributed by atoms with Gasteiger partial charge in [-0.15, -0.1) is 0 Å². The average molecular weight is 399 g/mol. The van der Waals surface area contributed by atoms with Crippen molar-refractivity contribution < 1.29 is 9.84 Å². The Balaban J connectivity index is 2.74. The summed E-state index contributed by atoms with van der Waals surface area (Å²) in [7, 11) is 2.66. The fraction of sp³-hybridized carbons (Fsp3) is 0.565. The van der Waals surface area contributed by atoms with Gasteiger partial charge in [0.1, 0.15) is 6.34 Å². The minimum atomic E-state index is 0.174. The van der Waals surface area contributed by atoms with Crippen LogP contribution in [0.2, 0.25) is 6.32 Å². The molecular weight excluding hydrogens is 361 g/mol. The smallest absolute Gasteiger partial charge is 0.169 e. The maximum atomic E-state index is 10.1. The molecule has 0 bridgehead atoms. The fourth-order valence-electron chi connectivity index (χ4n) is 3.48. The molecule has 0 amide bonds. The second kappa shape index (κ2) is 14.9. The van der Waals surface area contributed by atoms with Gasteiger partial charge in [-0.05, 0) is 45.6 Å². The molecule has 6 heteroatoms. The molecule has 0 unspecified atom stereocenters. The molecule has 0 fully saturated rings. The summed E-state index contributed by atoms with van der Waals surface area (Å²) in [6.45, 7) is 10.8. The topological polar surface area (TPSA) is 66.2 Å². The lowest BCUT2D eigenvalue weighted by Crippen LogP contribution is -2.27. The van der Waals surface area contributed by atoms with Crippen LogP contribution in [0.1, 0.15) is 53.4 Å². The first-order valence-electron chi connectivity index (χ1n) is 10.8. The Morgan fingerprint density at radius 3 is 2.76 bits per heavy atom. The van der Waals surface area contributed by atoms with Crippen molar-refractivity contribution >= 4 is 19.5 Å². The van der Waals surface area contributed by atoms with Gasteiger partial charge in [0.15, 0.2) is 18.9 Å². The first-order chi connectivity index (χ1) is 14.1. The van der Waals surface area contributed by atoms with Crippen molar-refractivity contribution in [1.29, 1.82) is 0 Å². The number of aliphatic imine (C=N–C) groups is 2. The summed E-state index contributed by atoms with van der Waals surface area (Å²) in [6.07, 6.45) is 12.6. The largest absolute Gasteiger partial charge is 0.504 e. The van der Waals surface area contributed by atoms with Gasteiger partial charge in [-0.25, -0.2) is 4.99 Å². The van der Waals surface area contributed by atoms with E-state index in [1.54, 1.807) is 13.1 Å². The van der Waals surface area contributed by atoms with Gasteiger partial charge < -0.3 is 15.2 Å². The predicted octanol–water partition coefficient (Wildman–Crippen LogP) is 4.71. The quantitative estimate of drug-likeness (QED) is 0.164. The molecule has 0 aromatic rings. The van der Waals surface area contributed by atoms with Crippen LogP contribution in [0.25, 0.3) is 0 Å². The normalized spacial score (nSPS) is 16.0. The van der Waals surface area contributed by atoms with Crippen molar-refractivity contribution in [3.8, 4) is 0 Å². The SMILES string of the molecule is CC/C=C(O)/C(=N\C=N/C)NCCBC1=CC=C(CCOCC)CC(C)=C1CC. The molecular formula is C23H38BN3O2. The summed E-state index contributed by atoms with van der Waals surface area (Å²) in [4.78, 5) is 8.07. The Hall–Kier alpha value is -2.08. The number of nitrogens with one attached hydrogen (secondary N) is 1. The fourth-order valence-corrected chi connectivity index (χ4v) is 3.48. The van der Waals surface area contributed by atoms with Gasteiger partial charge in [0.05, 0.1) is 6.61 Å². The molecule has 0 heterocycles. The van der Waals surface area contributed by atoms with Crippen molar-refractivity contribution in [2.45, 2.75) is 59.7 Å². The molecule has 0 saturated carbocycles. The van der Waals surface area contributed by atoms with Gasteiger partial charge in [0, 0.05) is 20.2 Å². The van der Waals surface area contributed by atoms with Gasteiger partial charge in [0.2, 0.25) is 0 Å². The lowest BCUT2D eigenvalue weighted by molar-refractivity contribution is 0.150. The molecule has 2 N–H and O–H groups in total. The number of aliphatic hydroxyl groups is 1. The van der Waals surface area contributed by atoms with Crippen LogP contribution in [0.3, 0.4) is 0 Å². The van der Waals surface area contributed by atoms with Crippen LogP contribution >= 0.6 is 0 Å². The van der Waals surface area contributed by atoms with E-state index in [9.17, 15) is 5.11 Å². The van der Waals surface area contributed by atoms with E-state index in [-0.39, 0.29) is 5.76 Å². The van der Waals surface area contributed by atoms with E-state index in [0.29, 0.717) is 5.84 Å². The molecule has 0 aliphatic heterocycles. The van der Waals surface area contributed by atoms with Gasteiger partial charge in [-0.2, -0.15) is 0 Å². The number of nitrogens with zero attached hydrogens (tertiary/aromatic N) is 2. The molecule has 0 saturated heterocycles. The zero-order valence-corrected chi connectivity index (χ0v) is 18.9. The van der Waals surface area contributed by atoms with Crippen LogP contribution in [-0.2, 0) is 4.74 Å². The van der Waals surface area contributed by atoms with Crippen molar-refractivity contribution in [3.05, 3.63) is 46.2 Å². The first kappa shape index (κ1) is 25.0. The summed E-state index contributed by atoms with van der Waals surface area (Å²) in [6, 6.07) is 0. The molecule has 160 valence electrons. The lowest BCUT2D eigenvalue weighted by atomic mass is 9.62. The van der Waals surface area contributed by atoms with Gasteiger partial charge >= 0.3 is 0 Å². The minimum absolute atomic E-state index is 0.174. The van der Waals surface area contributed by atoms with E-state index in [4.69, 9.17) is 4.74 Å². The number of hydrogen-bond donors (Lipinski definition) is 2. The number of hydrogen-bond acceptors (Lipinski definition) is 3. The molecule has 1 aliphatic rings. The number of ether oxygens (including phenoxy) is 1. The second-order valence-electron chi connectivity index (χ2n) is 7.13. The van der Waals surface area contributed by atoms with Gasteiger partial charge in [-0.3, -0.25) is 4.99 Å². The Morgan fingerprint density at radius 2 is 2.10 bits per heavy atom. The van der Waals surface area contributed by atoms with Crippen molar-refractivity contribution in [2.24, 2.45) is 9.98 Å². The van der Waals surface area contributed by atoms with E-state index in [1.165, 1.54) is 28.5 Å². The molecule has 0 radical (unpaired) electrons. The summed E-state index contributed by atoms with van der Waals surface area (Å²) in [5, 5.41) is 13.4. The summed E-state index contributed by atoms with van der Waals surface area (Å²) >= 11 is 0. The maximum absolute atomic E-state index is 10.1. The van der Waals surface area contributed by atoms with Gasteiger partial charge in [-0.1, -0.05) is 54.5 Å². The standard InChI is InChI=1S/C23H38BN3O2/c1-6-9-22(28)23(27-17-25-5)26-14-13-24-21-11-10-19(12-15-29-8-3)16-18(4)20(21)7-2/h9-11,17,24,28H,6-8,12-16H2,1-5H3,(H,25,26,27)/b22-9-. The Labute approximate surface area is 177 Å². The molecule has 0 aromatic heterocycles. The van der Waals surface area contributed by atoms with Crippen LogP contribution < -0.4 is 5.32 Å². The van der Waals surface area contributed by atoms with Crippen LogP contribution in [0.4, 0.5) is 0 Å². The van der Waals surface area contributed by atoms with Crippen molar-refractivity contribution in [3.63, 3.8) is 0 Å². The third-order valence-electron chi connectivity index (χ3n) is 4.90.